The third kappa shape index (κ3) is 8.68. The number of hydrogen-bond donors (Lipinski definition) is 2. The van der Waals surface area contributed by atoms with E-state index in [1.165, 1.54) is 0 Å². The predicted octanol–water partition coefficient (Wildman–Crippen LogP) is 1.44. The smallest absolute Gasteiger partial charge is 0.219 e. The normalized spacial score (nSPS) is 12.6. The molecule has 0 fully saturated rings. The minimum Gasteiger partial charge on any atom is -0.374 e. The summed E-state index contributed by atoms with van der Waals surface area (Å²) in [7, 11) is 0. The van der Waals surface area contributed by atoms with E-state index in [1.807, 2.05) is 34.6 Å². The van der Waals surface area contributed by atoms with Crippen molar-refractivity contribution in [2.75, 3.05) is 13.2 Å². The van der Waals surface area contributed by atoms with Crippen LogP contribution in [0.3, 0.4) is 0 Å². The van der Waals surface area contributed by atoms with Crippen LogP contribution in [0.5, 0.6) is 0 Å². The molecule has 96 valence electrons. The van der Waals surface area contributed by atoms with Crippen LogP contribution in [-0.2, 0) is 9.53 Å². The van der Waals surface area contributed by atoms with Gasteiger partial charge in [-0.3, -0.25) is 4.79 Å². The van der Waals surface area contributed by atoms with Crippen molar-refractivity contribution in [1.82, 2.24) is 5.32 Å². The van der Waals surface area contributed by atoms with Crippen LogP contribution >= 0.6 is 0 Å². The molecule has 0 saturated heterocycles. The summed E-state index contributed by atoms with van der Waals surface area (Å²) in [5.41, 5.74) is 5.28. The molecule has 16 heavy (non-hydrogen) atoms. The number of carbonyl (C=O) groups is 1. The number of rotatable bonds is 7. The van der Waals surface area contributed by atoms with Crippen molar-refractivity contribution >= 4 is 5.91 Å². The molecule has 0 aromatic carbocycles. The first kappa shape index (κ1) is 15.4. The van der Waals surface area contributed by atoms with Gasteiger partial charge in [0.15, 0.2) is 0 Å². The Hall–Kier alpha value is -0.610. The van der Waals surface area contributed by atoms with Gasteiger partial charge < -0.3 is 15.8 Å². The Kier molecular flexibility index (Phi) is 5.97. The number of amides is 1. The van der Waals surface area contributed by atoms with E-state index in [9.17, 15) is 4.79 Å². The monoisotopic (exact) mass is 230 g/mol. The molecule has 0 spiro atoms. The SMILES string of the molecule is CCC(=O)NCCC(C)(C)OCC(C)(C)N. The average Bonchev–Trinajstić information content (AvgIpc) is 2.13. The van der Waals surface area contributed by atoms with Gasteiger partial charge in [-0.15, -0.1) is 0 Å². The summed E-state index contributed by atoms with van der Waals surface area (Å²) < 4.78 is 5.73. The van der Waals surface area contributed by atoms with E-state index in [0.29, 0.717) is 19.6 Å². The van der Waals surface area contributed by atoms with Gasteiger partial charge in [0, 0.05) is 18.5 Å². The van der Waals surface area contributed by atoms with Gasteiger partial charge in [0.05, 0.1) is 12.2 Å². The van der Waals surface area contributed by atoms with Crippen LogP contribution < -0.4 is 11.1 Å². The fourth-order valence-electron chi connectivity index (χ4n) is 1.08. The summed E-state index contributed by atoms with van der Waals surface area (Å²) in [6.45, 7) is 10.9. The Labute approximate surface area is 98.9 Å². The lowest BCUT2D eigenvalue weighted by Crippen LogP contribution is -2.42. The standard InChI is InChI=1S/C12H26N2O2/c1-6-10(15)14-8-7-12(4,5)16-9-11(2,3)13/h6-9,13H2,1-5H3,(H,14,15). The summed E-state index contributed by atoms with van der Waals surface area (Å²) in [6, 6.07) is 0. The molecule has 3 N–H and O–H groups in total. The molecule has 4 heteroatoms. The predicted molar refractivity (Wildman–Crippen MR) is 66.2 cm³/mol. The minimum atomic E-state index is -0.316. The molecular weight excluding hydrogens is 204 g/mol. The van der Waals surface area contributed by atoms with Crippen LogP contribution in [-0.4, -0.2) is 30.2 Å². The number of carbonyl (C=O) groups excluding carboxylic acids is 1. The highest BCUT2D eigenvalue weighted by Crippen LogP contribution is 2.15. The van der Waals surface area contributed by atoms with Crippen molar-refractivity contribution < 1.29 is 9.53 Å². The molecule has 0 aromatic heterocycles. The summed E-state index contributed by atoms with van der Waals surface area (Å²) in [6.07, 6.45) is 1.31. The molecule has 0 radical (unpaired) electrons. The molecule has 0 aliphatic rings. The molecule has 1 amide bonds. The van der Waals surface area contributed by atoms with Gasteiger partial charge in [0.25, 0.3) is 0 Å². The molecule has 0 aromatic rings. The van der Waals surface area contributed by atoms with Crippen molar-refractivity contribution in [2.45, 2.75) is 58.6 Å². The van der Waals surface area contributed by atoms with E-state index in [4.69, 9.17) is 10.5 Å². The molecule has 0 aliphatic carbocycles. The Morgan fingerprint density at radius 3 is 2.31 bits per heavy atom. The van der Waals surface area contributed by atoms with Gasteiger partial charge in [-0.1, -0.05) is 6.92 Å². The second-order valence-corrected chi connectivity index (χ2v) is 5.49. The van der Waals surface area contributed by atoms with Gasteiger partial charge in [-0.05, 0) is 34.1 Å². The highest BCUT2D eigenvalue weighted by atomic mass is 16.5. The third-order valence-corrected chi connectivity index (χ3v) is 2.21. The minimum absolute atomic E-state index is 0.0787. The van der Waals surface area contributed by atoms with E-state index in [2.05, 4.69) is 5.32 Å². The van der Waals surface area contributed by atoms with Crippen molar-refractivity contribution in [1.29, 1.82) is 0 Å². The lowest BCUT2D eigenvalue weighted by atomic mass is 10.0. The van der Waals surface area contributed by atoms with E-state index >= 15 is 0 Å². The van der Waals surface area contributed by atoms with E-state index in [1.54, 1.807) is 0 Å². The maximum absolute atomic E-state index is 11.0. The number of nitrogens with two attached hydrogens (primary N) is 1. The molecule has 0 bridgehead atoms. The molecule has 0 rings (SSSR count). The molecular formula is C12H26N2O2. The third-order valence-electron chi connectivity index (χ3n) is 2.21. The van der Waals surface area contributed by atoms with Gasteiger partial charge in [0.1, 0.15) is 0 Å². The topological polar surface area (TPSA) is 64.3 Å². The first-order valence-corrected chi connectivity index (χ1v) is 5.86. The first-order valence-electron chi connectivity index (χ1n) is 5.86. The second kappa shape index (κ2) is 6.21. The Morgan fingerprint density at radius 2 is 1.88 bits per heavy atom. The number of nitrogens with one attached hydrogen (secondary N) is 1. The molecule has 0 heterocycles. The van der Waals surface area contributed by atoms with Crippen LogP contribution in [0.2, 0.25) is 0 Å². The van der Waals surface area contributed by atoms with Crippen LogP contribution in [0.15, 0.2) is 0 Å². The maximum Gasteiger partial charge on any atom is 0.219 e. The first-order chi connectivity index (χ1) is 7.16. The zero-order valence-electron chi connectivity index (χ0n) is 11.2. The summed E-state index contributed by atoms with van der Waals surface area (Å²) in [5, 5.41) is 2.84. The van der Waals surface area contributed by atoms with Crippen molar-refractivity contribution in [3.63, 3.8) is 0 Å². The fourth-order valence-corrected chi connectivity index (χ4v) is 1.08. The zero-order chi connectivity index (χ0) is 12.8. The van der Waals surface area contributed by atoms with E-state index < -0.39 is 0 Å². The van der Waals surface area contributed by atoms with Crippen molar-refractivity contribution in [3.8, 4) is 0 Å². The summed E-state index contributed by atoms with van der Waals surface area (Å²) >= 11 is 0. The lowest BCUT2D eigenvalue weighted by molar-refractivity contribution is -0.121. The quantitative estimate of drug-likeness (QED) is 0.695. The summed E-state index contributed by atoms with van der Waals surface area (Å²) in [5.74, 6) is 0.0787. The highest BCUT2D eigenvalue weighted by Gasteiger charge is 2.22. The van der Waals surface area contributed by atoms with Crippen LogP contribution in [0.25, 0.3) is 0 Å². The van der Waals surface area contributed by atoms with Gasteiger partial charge in [0.2, 0.25) is 5.91 Å². The fraction of sp³-hybridized carbons (Fsp3) is 0.917. The molecule has 0 saturated carbocycles. The summed E-state index contributed by atoms with van der Waals surface area (Å²) in [4.78, 5) is 11.0. The maximum atomic E-state index is 11.0. The van der Waals surface area contributed by atoms with E-state index in [-0.39, 0.29) is 17.0 Å². The van der Waals surface area contributed by atoms with Gasteiger partial charge >= 0.3 is 0 Å². The highest BCUT2D eigenvalue weighted by molar-refractivity contribution is 5.75. The van der Waals surface area contributed by atoms with Crippen molar-refractivity contribution in [2.24, 2.45) is 5.73 Å². The largest absolute Gasteiger partial charge is 0.374 e. The van der Waals surface area contributed by atoms with Crippen LogP contribution in [0, 0.1) is 0 Å². The Morgan fingerprint density at radius 1 is 1.31 bits per heavy atom. The van der Waals surface area contributed by atoms with E-state index in [0.717, 1.165) is 6.42 Å². The van der Waals surface area contributed by atoms with Crippen molar-refractivity contribution in [3.05, 3.63) is 0 Å². The zero-order valence-corrected chi connectivity index (χ0v) is 11.2. The van der Waals surface area contributed by atoms with Gasteiger partial charge in [-0.2, -0.15) is 0 Å². The average molecular weight is 230 g/mol. The second-order valence-electron chi connectivity index (χ2n) is 5.49. The molecule has 0 unspecified atom stereocenters. The molecule has 0 atom stereocenters. The molecule has 4 nitrogen and oxygen atoms in total. The number of ether oxygens (including phenoxy) is 1. The van der Waals surface area contributed by atoms with Crippen LogP contribution in [0.1, 0.15) is 47.5 Å². The lowest BCUT2D eigenvalue weighted by Gasteiger charge is -2.29. The Bertz CT molecular complexity index is 220. The molecule has 0 aliphatic heterocycles. The number of hydrogen-bond acceptors (Lipinski definition) is 3. The van der Waals surface area contributed by atoms with Crippen LogP contribution in [0.4, 0.5) is 0 Å². The Balaban J connectivity index is 3.83. The van der Waals surface area contributed by atoms with Gasteiger partial charge in [-0.25, -0.2) is 0 Å².